The van der Waals surface area contributed by atoms with Crippen LogP contribution in [0.25, 0.3) is 0 Å². The lowest BCUT2D eigenvalue weighted by molar-refractivity contribution is -0.119. The van der Waals surface area contributed by atoms with Gasteiger partial charge < -0.3 is 10.1 Å². The summed E-state index contributed by atoms with van der Waals surface area (Å²) in [6, 6.07) is 0.260. The van der Waals surface area contributed by atoms with Crippen molar-refractivity contribution >= 4 is 5.91 Å². The van der Waals surface area contributed by atoms with Gasteiger partial charge in [0.2, 0.25) is 5.91 Å². The van der Waals surface area contributed by atoms with Crippen molar-refractivity contribution in [3.63, 3.8) is 0 Å². The largest absolute Gasteiger partial charge is 0.379 e. The molecular weight excluding hydrogens is 154 g/mol. The molecule has 1 atom stereocenters. The molecule has 1 fully saturated rings. The fourth-order valence-corrected chi connectivity index (χ4v) is 1.25. The first-order valence-corrected chi connectivity index (χ1v) is 4.55. The summed E-state index contributed by atoms with van der Waals surface area (Å²) in [6.07, 6.45) is 1.59. The highest BCUT2D eigenvalue weighted by atomic mass is 16.5. The quantitative estimate of drug-likeness (QED) is 0.683. The van der Waals surface area contributed by atoms with E-state index in [9.17, 15) is 4.79 Å². The normalized spacial score (nSPS) is 23.2. The minimum atomic E-state index is 0.160. The van der Waals surface area contributed by atoms with Crippen molar-refractivity contribution in [1.29, 1.82) is 0 Å². The fraction of sp³-hybridized carbons (Fsp3) is 0.889. The summed E-state index contributed by atoms with van der Waals surface area (Å²) in [5, 5.41) is 2.86. The minimum Gasteiger partial charge on any atom is -0.379 e. The van der Waals surface area contributed by atoms with Crippen molar-refractivity contribution in [3.8, 4) is 0 Å². The average Bonchev–Trinajstić information content (AvgIpc) is 2.35. The van der Waals surface area contributed by atoms with E-state index in [0.29, 0.717) is 18.9 Å². The van der Waals surface area contributed by atoms with Gasteiger partial charge in [-0.1, -0.05) is 13.8 Å². The molecule has 1 aliphatic rings. The molecule has 1 amide bonds. The maximum absolute atomic E-state index is 10.8. The van der Waals surface area contributed by atoms with Crippen LogP contribution in [0.2, 0.25) is 0 Å². The molecular formula is C9H17NO2. The van der Waals surface area contributed by atoms with Crippen LogP contribution in [0.5, 0.6) is 0 Å². The number of nitrogens with one attached hydrogen (secondary N) is 1. The Hall–Kier alpha value is -0.570. The first-order valence-electron chi connectivity index (χ1n) is 4.55. The van der Waals surface area contributed by atoms with Crippen LogP contribution in [0.3, 0.4) is 0 Å². The Bertz CT molecular complexity index is 157. The second-order valence-corrected chi connectivity index (χ2v) is 3.73. The molecule has 12 heavy (non-hydrogen) atoms. The molecule has 0 aromatic heterocycles. The Morgan fingerprint density at radius 3 is 2.92 bits per heavy atom. The topological polar surface area (TPSA) is 38.3 Å². The van der Waals surface area contributed by atoms with Gasteiger partial charge in [-0.2, -0.15) is 0 Å². The predicted molar refractivity (Wildman–Crippen MR) is 46.8 cm³/mol. The summed E-state index contributed by atoms with van der Waals surface area (Å²) in [7, 11) is 0. The van der Waals surface area contributed by atoms with E-state index in [2.05, 4.69) is 19.2 Å². The predicted octanol–water partition coefficient (Wildman–Crippen LogP) is 0.938. The van der Waals surface area contributed by atoms with Crippen molar-refractivity contribution in [2.75, 3.05) is 13.2 Å². The molecule has 0 bridgehead atoms. The van der Waals surface area contributed by atoms with E-state index in [0.717, 1.165) is 13.0 Å². The van der Waals surface area contributed by atoms with Gasteiger partial charge in [-0.05, 0) is 12.3 Å². The number of ether oxygens (including phenoxy) is 1. The van der Waals surface area contributed by atoms with Crippen molar-refractivity contribution in [3.05, 3.63) is 0 Å². The van der Waals surface area contributed by atoms with Crippen LogP contribution >= 0.6 is 0 Å². The van der Waals surface area contributed by atoms with Crippen LogP contribution in [-0.2, 0) is 9.53 Å². The third-order valence-electron chi connectivity index (χ3n) is 1.86. The molecule has 1 aliphatic heterocycles. The monoisotopic (exact) mass is 171 g/mol. The van der Waals surface area contributed by atoms with Gasteiger partial charge in [0.1, 0.15) is 0 Å². The molecule has 0 aromatic rings. The highest BCUT2D eigenvalue weighted by Gasteiger charge is 2.20. The van der Waals surface area contributed by atoms with E-state index >= 15 is 0 Å². The zero-order valence-corrected chi connectivity index (χ0v) is 7.80. The number of hydrogen-bond donors (Lipinski definition) is 1. The lowest BCUT2D eigenvalue weighted by atomic mass is 10.2. The molecule has 3 nitrogen and oxygen atoms in total. The second-order valence-electron chi connectivity index (χ2n) is 3.73. The van der Waals surface area contributed by atoms with Gasteiger partial charge in [0.15, 0.2) is 0 Å². The minimum absolute atomic E-state index is 0.160. The first-order chi connectivity index (χ1) is 5.68. The Morgan fingerprint density at radius 2 is 2.42 bits per heavy atom. The van der Waals surface area contributed by atoms with Gasteiger partial charge in [-0.15, -0.1) is 0 Å². The van der Waals surface area contributed by atoms with Crippen LogP contribution < -0.4 is 5.32 Å². The van der Waals surface area contributed by atoms with Crippen LogP contribution in [0.1, 0.15) is 26.7 Å². The zero-order chi connectivity index (χ0) is 8.97. The fourth-order valence-electron chi connectivity index (χ4n) is 1.25. The zero-order valence-electron chi connectivity index (χ0n) is 7.80. The van der Waals surface area contributed by atoms with Gasteiger partial charge in [0, 0.05) is 13.0 Å². The van der Waals surface area contributed by atoms with E-state index in [-0.39, 0.29) is 11.9 Å². The molecule has 1 rings (SSSR count). The molecule has 1 unspecified atom stereocenters. The second kappa shape index (κ2) is 4.45. The third kappa shape index (κ3) is 3.22. The van der Waals surface area contributed by atoms with Crippen molar-refractivity contribution in [2.45, 2.75) is 32.7 Å². The van der Waals surface area contributed by atoms with Gasteiger partial charge in [0.05, 0.1) is 12.6 Å². The summed E-state index contributed by atoms with van der Waals surface area (Å²) >= 11 is 0. The van der Waals surface area contributed by atoms with Crippen LogP contribution in [0, 0.1) is 5.92 Å². The standard InChI is InChI=1S/C9H17NO2/c1-7(2)5-12-6-8-3-4-9(11)10-8/h7-8H,3-6H2,1-2H3,(H,10,11). The SMILES string of the molecule is CC(C)COCC1CCC(=O)N1. The van der Waals surface area contributed by atoms with Gasteiger partial charge in [-0.25, -0.2) is 0 Å². The molecule has 1 heterocycles. The Balaban J connectivity index is 2.04. The molecule has 0 saturated carbocycles. The molecule has 0 aromatic carbocycles. The van der Waals surface area contributed by atoms with E-state index in [1.807, 2.05) is 0 Å². The molecule has 0 radical (unpaired) electrons. The first kappa shape index (κ1) is 9.52. The van der Waals surface area contributed by atoms with Gasteiger partial charge >= 0.3 is 0 Å². The number of hydrogen-bond acceptors (Lipinski definition) is 2. The number of carbonyl (C=O) groups is 1. The molecule has 70 valence electrons. The molecule has 3 heteroatoms. The molecule has 1 N–H and O–H groups in total. The van der Waals surface area contributed by atoms with E-state index in [4.69, 9.17) is 4.74 Å². The van der Waals surface area contributed by atoms with Crippen molar-refractivity contribution in [1.82, 2.24) is 5.32 Å². The number of rotatable bonds is 4. The maximum Gasteiger partial charge on any atom is 0.220 e. The molecule has 0 aliphatic carbocycles. The molecule has 1 saturated heterocycles. The Morgan fingerprint density at radius 1 is 1.67 bits per heavy atom. The van der Waals surface area contributed by atoms with Crippen LogP contribution in [-0.4, -0.2) is 25.2 Å². The third-order valence-corrected chi connectivity index (χ3v) is 1.86. The van der Waals surface area contributed by atoms with Crippen LogP contribution in [0.15, 0.2) is 0 Å². The highest BCUT2D eigenvalue weighted by Crippen LogP contribution is 2.07. The summed E-state index contributed by atoms with van der Waals surface area (Å²) in [5.41, 5.74) is 0. The Labute approximate surface area is 73.5 Å². The highest BCUT2D eigenvalue weighted by molar-refractivity contribution is 5.78. The van der Waals surface area contributed by atoms with E-state index in [1.54, 1.807) is 0 Å². The smallest absolute Gasteiger partial charge is 0.220 e. The van der Waals surface area contributed by atoms with Gasteiger partial charge in [-0.3, -0.25) is 4.79 Å². The lowest BCUT2D eigenvalue weighted by Gasteiger charge is -2.11. The summed E-state index contributed by atoms with van der Waals surface area (Å²) < 4.78 is 5.41. The van der Waals surface area contributed by atoms with Crippen molar-refractivity contribution < 1.29 is 9.53 Å². The van der Waals surface area contributed by atoms with Gasteiger partial charge in [0.25, 0.3) is 0 Å². The number of amides is 1. The van der Waals surface area contributed by atoms with E-state index < -0.39 is 0 Å². The average molecular weight is 171 g/mol. The van der Waals surface area contributed by atoms with Crippen molar-refractivity contribution in [2.24, 2.45) is 5.92 Å². The summed E-state index contributed by atoms with van der Waals surface area (Å²) in [4.78, 5) is 10.8. The molecule has 0 spiro atoms. The summed E-state index contributed by atoms with van der Waals surface area (Å²) in [6.45, 7) is 5.69. The lowest BCUT2D eigenvalue weighted by Crippen LogP contribution is -2.30. The maximum atomic E-state index is 10.8. The Kier molecular flexibility index (Phi) is 3.53. The van der Waals surface area contributed by atoms with E-state index in [1.165, 1.54) is 0 Å². The number of carbonyl (C=O) groups excluding carboxylic acids is 1. The van der Waals surface area contributed by atoms with Crippen LogP contribution in [0.4, 0.5) is 0 Å². The summed E-state index contributed by atoms with van der Waals surface area (Å²) in [5.74, 6) is 0.732.